The average Bonchev–Trinajstić information content (AvgIpc) is 1.84. The summed E-state index contributed by atoms with van der Waals surface area (Å²) in [7, 11) is -2.95. The van der Waals surface area contributed by atoms with Crippen LogP contribution < -0.4 is 0 Å². The van der Waals surface area contributed by atoms with Crippen molar-refractivity contribution in [3.8, 4) is 0 Å². The standard InChI is InChI=1S/C7H22O2Si3/c1-6-7-12(8-10(2)3)9-11(4)5/h10-12H,6-7H2,1-5H3. The number of rotatable bonds is 6. The lowest BCUT2D eigenvalue weighted by molar-refractivity contribution is 0.436. The molecule has 0 aliphatic heterocycles. The van der Waals surface area contributed by atoms with Crippen LogP contribution in [0.2, 0.25) is 32.2 Å². The zero-order valence-electron chi connectivity index (χ0n) is 8.96. The van der Waals surface area contributed by atoms with E-state index >= 15 is 0 Å². The zero-order chi connectivity index (χ0) is 9.56. The predicted molar refractivity (Wildman–Crippen MR) is 62.2 cm³/mol. The van der Waals surface area contributed by atoms with Gasteiger partial charge in [-0.1, -0.05) is 13.3 Å². The van der Waals surface area contributed by atoms with E-state index in [-0.39, 0.29) is 0 Å². The van der Waals surface area contributed by atoms with Gasteiger partial charge in [-0.3, -0.25) is 0 Å². The van der Waals surface area contributed by atoms with Gasteiger partial charge in [-0.15, -0.1) is 0 Å². The molecule has 0 saturated heterocycles. The molecule has 0 amide bonds. The van der Waals surface area contributed by atoms with Gasteiger partial charge < -0.3 is 8.23 Å². The van der Waals surface area contributed by atoms with Crippen molar-refractivity contribution in [2.24, 2.45) is 0 Å². The SMILES string of the molecule is CCC[SiH](O[SiH](C)C)O[SiH](C)C. The van der Waals surface area contributed by atoms with E-state index in [0.29, 0.717) is 0 Å². The van der Waals surface area contributed by atoms with Crippen LogP contribution in [0.25, 0.3) is 0 Å². The van der Waals surface area contributed by atoms with E-state index in [4.69, 9.17) is 8.23 Å². The van der Waals surface area contributed by atoms with Gasteiger partial charge in [-0.05, 0) is 32.2 Å². The first-order chi connectivity index (χ1) is 5.56. The molecule has 0 heterocycles. The van der Waals surface area contributed by atoms with Gasteiger partial charge in [0.15, 0.2) is 18.1 Å². The summed E-state index contributed by atoms with van der Waals surface area (Å²) in [6.07, 6.45) is 1.21. The van der Waals surface area contributed by atoms with Gasteiger partial charge in [0.1, 0.15) is 0 Å². The lowest BCUT2D eigenvalue weighted by Gasteiger charge is -2.20. The van der Waals surface area contributed by atoms with Crippen LogP contribution in [0.1, 0.15) is 13.3 Å². The second-order valence-electron chi connectivity index (χ2n) is 3.59. The highest BCUT2D eigenvalue weighted by Crippen LogP contribution is 2.04. The van der Waals surface area contributed by atoms with Crippen molar-refractivity contribution in [1.29, 1.82) is 0 Å². The van der Waals surface area contributed by atoms with Crippen LogP contribution >= 0.6 is 0 Å². The van der Waals surface area contributed by atoms with Crippen molar-refractivity contribution in [3.63, 3.8) is 0 Å². The molecular formula is C7H22O2Si3. The maximum Gasteiger partial charge on any atom is 0.300 e. The Morgan fingerprint density at radius 3 is 1.58 bits per heavy atom. The van der Waals surface area contributed by atoms with E-state index in [1.165, 1.54) is 12.5 Å². The van der Waals surface area contributed by atoms with Crippen LogP contribution in [0.3, 0.4) is 0 Å². The minimum Gasteiger partial charge on any atom is -0.441 e. The third-order valence-corrected chi connectivity index (χ3v) is 9.20. The Morgan fingerprint density at radius 2 is 1.33 bits per heavy atom. The predicted octanol–water partition coefficient (Wildman–Crippen LogP) is 1.62. The van der Waals surface area contributed by atoms with E-state index < -0.39 is 27.4 Å². The zero-order valence-corrected chi connectivity index (χ0v) is 12.4. The van der Waals surface area contributed by atoms with Gasteiger partial charge in [-0.2, -0.15) is 0 Å². The summed E-state index contributed by atoms with van der Waals surface area (Å²) in [5.41, 5.74) is 0. The van der Waals surface area contributed by atoms with Crippen molar-refractivity contribution in [2.45, 2.75) is 45.6 Å². The molecule has 0 aliphatic carbocycles. The topological polar surface area (TPSA) is 18.5 Å². The van der Waals surface area contributed by atoms with Crippen molar-refractivity contribution >= 4 is 27.4 Å². The highest BCUT2D eigenvalue weighted by Gasteiger charge is 2.15. The molecule has 0 rings (SSSR count). The maximum absolute atomic E-state index is 5.89. The molecule has 0 unspecified atom stereocenters. The molecular weight excluding hydrogens is 200 g/mol. The Morgan fingerprint density at radius 1 is 0.917 bits per heavy atom. The molecule has 0 atom stereocenters. The monoisotopic (exact) mass is 222 g/mol. The summed E-state index contributed by atoms with van der Waals surface area (Å²) in [5, 5.41) is 0. The largest absolute Gasteiger partial charge is 0.441 e. The second kappa shape index (κ2) is 7.02. The molecule has 5 heteroatoms. The van der Waals surface area contributed by atoms with Crippen molar-refractivity contribution < 1.29 is 8.23 Å². The van der Waals surface area contributed by atoms with Crippen LogP contribution in [-0.4, -0.2) is 27.4 Å². The van der Waals surface area contributed by atoms with Gasteiger partial charge in [-0.25, -0.2) is 0 Å². The second-order valence-corrected chi connectivity index (χ2v) is 11.4. The third kappa shape index (κ3) is 7.23. The Bertz CT molecular complexity index is 98.8. The van der Waals surface area contributed by atoms with Crippen LogP contribution in [0, 0.1) is 0 Å². The first kappa shape index (κ1) is 12.6. The van der Waals surface area contributed by atoms with E-state index in [9.17, 15) is 0 Å². The molecule has 0 bridgehead atoms. The molecule has 0 aliphatic rings. The van der Waals surface area contributed by atoms with Gasteiger partial charge in [0.05, 0.1) is 0 Å². The van der Waals surface area contributed by atoms with Crippen LogP contribution in [0.15, 0.2) is 0 Å². The van der Waals surface area contributed by atoms with Gasteiger partial charge in [0.25, 0.3) is 9.28 Å². The summed E-state index contributed by atoms with van der Waals surface area (Å²) in [5.74, 6) is 0. The molecule has 2 nitrogen and oxygen atoms in total. The van der Waals surface area contributed by atoms with Gasteiger partial charge in [0, 0.05) is 0 Å². The van der Waals surface area contributed by atoms with E-state index in [1.807, 2.05) is 0 Å². The Labute approximate surface area is 81.6 Å². The van der Waals surface area contributed by atoms with Crippen molar-refractivity contribution in [3.05, 3.63) is 0 Å². The smallest absolute Gasteiger partial charge is 0.300 e. The highest BCUT2D eigenvalue weighted by atomic mass is 28.4. The quantitative estimate of drug-likeness (QED) is 0.636. The molecule has 0 N–H and O–H groups in total. The molecule has 0 aromatic rings. The molecule has 0 aromatic carbocycles. The fraction of sp³-hybridized carbons (Fsp3) is 1.00. The maximum atomic E-state index is 5.89. The molecule has 0 fully saturated rings. The lowest BCUT2D eigenvalue weighted by Crippen LogP contribution is -2.32. The summed E-state index contributed by atoms with van der Waals surface area (Å²) in [6, 6.07) is 1.19. The van der Waals surface area contributed by atoms with Crippen molar-refractivity contribution in [2.75, 3.05) is 0 Å². The van der Waals surface area contributed by atoms with Crippen LogP contribution in [0.4, 0.5) is 0 Å². The van der Waals surface area contributed by atoms with E-state index in [0.717, 1.165) is 0 Å². The van der Waals surface area contributed by atoms with Gasteiger partial charge >= 0.3 is 0 Å². The minimum absolute atomic E-state index is 0.860. The van der Waals surface area contributed by atoms with E-state index in [2.05, 4.69) is 33.1 Å². The molecule has 0 aromatic heterocycles. The lowest BCUT2D eigenvalue weighted by atomic mass is 10.6. The van der Waals surface area contributed by atoms with Gasteiger partial charge in [0.2, 0.25) is 0 Å². The van der Waals surface area contributed by atoms with Crippen LogP contribution in [0.5, 0.6) is 0 Å². The van der Waals surface area contributed by atoms with Crippen LogP contribution in [-0.2, 0) is 8.23 Å². The molecule has 12 heavy (non-hydrogen) atoms. The molecule has 74 valence electrons. The number of hydrogen-bond donors (Lipinski definition) is 0. The average molecular weight is 223 g/mol. The highest BCUT2D eigenvalue weighted by molar-refractivity contribution is 6.67. The third-order valence-electron chi connectivity index (χ3n) is 1.37. The first-order valence-electron chi connectivity index (χ1n) is 4.87. The fourth-order valence-corrected chi connectivity index (χ4v) is 8.26. The Kier molecular flexibility index (Phi) is 7.35. The fourth-order valence-electron chi connectivity index (χ4n) is 1.01. The minimum atomic E-state index is -1.23. The Hall–Kier alpha value is 0.571. The normalized spacial score (nSPS) is 12.0. The summed E-state index contributed by atoms with van der Waals surface area (Å²) >= 11 is 0. The summed E-state index contributed by atoms with van der Waals surface area (Å²) in [6.45, 7) is 11.1. The molecule has 0 radical (unpaired) electrons. The first-order valence-corrected chi connectivity index (χ1v) is 12.2. The summed E-state index contributed by atoms with van der Waals surface area (Å²) in [4.78, 5) is 0. The van der Waals surface area contributed by atoms with Crippen molar-refractivity contribution in [1.82, 2.24) is 0 Å². The Balaban J connectivity index is 3.69. The summed E-state index contributed by atoms with van der Waals surface area (Å²) < 4.78 is 11.8. The molecule has 0 saturated carbocycles. The van der Waals surface area contributed by atoms with E-state index in [1.54, 1.807) is 0 Å². The molecule has 0 spiro atoms. The number of hydrogen-bond acceptors (Lipinski definition) is 2.